The monoisotopic (exact) mass is 255 g/mol. The SMILES string of the molecule is Cc1ccc(Nc2nc(C)cc(CC(C)C)n2)cc1. The third kappa shape index (κ3) is 4.05. The summed E-state index contributed by atoms with van der Waals surface area (Å²) in [6.45, 7) is 8.48. The maximum atomic E-state index is 4.57. The van der Waals surface area contributed by atoms with Crippen LogP contribution in [-0.2, 0) is 6.42 Å². The van der Waals surface area contributed by atoms with E-state index in [0.29, 0.717) is 11.9 Å². The molecule has 0 radical (unpaired) electrons. The summed E-state index contributed by atoms with van der Waals surface area (Å²) in [7, 11) is 0. The van der Waals surface area contributed by atoms with Crippen LogP contribution in [0.1, 0.15) is 30.8 Å². The van der Waals surface area contributed by atoms with Crippen LogP contribution in [0, 0.1) is 19.8 Å². The molecule has 0 atom stereocenters. The molecule has 0 aliphatic carbocycles. The number of nitrogens with one attached hydrogen (secondary N) is 1. The molecule has 0 aliphatic heterocycles. The fourth-order valence-corrected chi connectivity index (χ4v) is 1.98. The van der Waals surface area contributed by atoms with Gasteiger partial charge in [0.1, 0.15) is 0 Å². The summed E-state index contributed by atoms with van der Waals surface area (Å²) >= 11 is 0. The van der Waals surface area contributed by atoms with E-state index in [-0.39, 0.29) is 0 Å². The molecule has 2 aromatic rings. The van der Waals surface area contributed by atoms with Crippen LogP contribution in [0.2, 0.25) is 0 Å². The summed E-state index contributed by atoms with van der Waals surface area (Å²) in [6, 6.07) is 10.3. The molecule has 100 valence electrons. The van der Waals surface area contributed by atoms with Gasteiger partial charge in [-0.3, -0.25) is 0 Å². The highest BCUT2D eigenvalue weighted by molar-refractivity contribution is 5.53. The normalized spacial score (nSPS) is 10.8. The number of hydrogen-bond acceptors (Lipinski definition) is 3. The van der Waals surface area contributed by atoms with Gasteiger partial charge in [-0.25, -0.2) is 9.97 Å². The van der Waals surface area contributed by atoms with E-state index in [1.165, 1.54) is 5.56 Å². The number of nitrogens with zero attached hydrogens (tertiary/aromatic N) is 2. The Kier molecular flexibility index (Phi) is 4.15. The molecule has 3 heteroatoms. The highest BCUT2D eigenvalue weighted by atomic mass is 15.1. The maximum Gasteiger partial charge on any atom is 0.227 e. The van der Waals surface area contributed by atoms with Crippen LogP contribution in [0.3, 0.4) is 0 Å². The number of aromatic nitrogens is 2. The van der Waals surface area contributed by atoms with Gasteiger partial charge >= 0.3 is 0 Å². The standard InChI is InChI=1S/C16H21N3/c1-11(2)9-15-10-13(4)17-16(19-15)18-14-7-5-12(3)6-8-14/h5-8,10-11H,9H2,1-4H3,(H,17,18,19). The molecule has 1 aromatic carbocycles. The molecular weight excluding hydrogens is 234 g/mol. The second-order valence-corrected chi connectivity index (χ2v) is 5.41. The van der Waals surface area contributed by atoms with E-state index in [4.69, 9.17) is 0 Å². The number of rotatable bonds is 4. The van der Waals surface area contributed by atoms with Gasteiger partial charge < -0.3 is 5.32 Å². The third-order valence-corrected chi connectivity index (χ3v) is 2.83. The van der Waals surface area contributed by atoms with Crippen LogP contribution >= 0.6 is 0 Å². The van der Waals surface area contributed by atoms with E-state index < -0.39 is 0 Å². The molecule has 0 aliphatic rings. The number of hydrogen-bond donors (Lipinski definition) is 1. The van der Waals surface area contributed by atoms with Gasteiger partial charge in [-0.05, 0) is 44.4 Å². The van der Waals surface area contributed by atoms with Crippen molar-refractivity contribution >= 4 is 11.6 Å². The van der Waals surface area contributed by atoms with Crippen molar-refractivity contribution in [3.8, 4) is 0 Å². The van der Waals surface area contributed by atoms with E-state index in [1.54, 1.807) is 0 Å². The van der Waals surface area contributed by atoms with Crippen LogP contribution in [0.25, 0.3) is 0 Å². The Balaban J connectivity index is 2.19. The van der Waals surface area contributed by atoms with Crippen molar-refractivity contribution in [1.29, 1.82) is 0 Å². The second-order valence-electron chi connectivity index (χ2n) is 5.41. The van der Waals surface area contributed by atoms with Crippen molar-refractivity contribution < 1.29 is 0 Å². The zero-order chi connectivity index (χ0) is 13.8. The first-order valence-corrected chi connectivity index (χ1v) is 6.71. The Hall–Kier alpha value is -1.90. The van der Waals surface area contributed by atoms with Gasteiger partial charge in [-0.2, -0.15) is 0 Å². The van der Waals surface area contributed by atoms with Crippen LogP contribution in [0.4, 0.5) is 11.6 Å². The Labute approximate surface area is 115 Å². The van der Waals surface area contributed by atoms with E-state index >= 15 is 0 Å². The third-order valence-electron chi connectivity index (χ3n) is 2.83. The van der Waals surface area contributed by atoms with E-state index in [9.17, 15) is 0 Å². The predicted octanol–water partition coefficient (Wildman–Crippen LogP) is 4.04. The fraction of sp³-hybridized carbons (Fsp3) is 0.375. The van der Waals surface area contributed by atoms with Crippen molar-refractivity contribution in [3.63, 3.8) is 0 Å². The van der Waals surface area contributed by atoms with Crippen LogP contribution in [0.15, 0.2) is 30.3 Å². The summed E-state index contributed by atoms with van der Waals surface area (Å²) in [5, 5.41) is 3.26. The molecule has 1 heterocycles. The number of anilines is 2. The van der Waals surface area contributed by atoms with Crippen molar-refractivity contribution in [2.75, 3.05) is 5.32 Å². The summed E-state index contributed by atoms with van der Waals surface area (Å²) < 4.78 is 0. The van der Waals surface area contributed by atoms with Crippen molar-refractivity contribution in [2.24, 2.45) is 5.92 Å². The molecule has 0 spiro atoms. The van der Waals surface area contributed by atoms with Crippen molar-refractivity contribution in [1.82, 2.24) is 9.97 Å². The Morgan fingerprint density at radius 2 is 1.74 bits per heavy atom. The van der Waals surface area contributed by atoms with Crippen molar-refractivity contribution in [2.45, 2.75) is 34.1 Å². The first kappa shape index (κ1) is 13.5. The predicted molar refractivity (Wildman–Crippen MR) is 79.8 cm³/mol. The van der Waals surface area contributed by atoms with Gasteiger partial charge in [0.05, 0.1) is 0 Å². The van der Waals surface area contributed by atoms with E-state index in [2.05, 4.69) is 54.3 Å². The molecular formula is C16H21N3. The number of aryl methyl sites for hydroxylation is 2. The van der Waals surface area contributed by atoms with Crippen molar-refractivity contribution in [3.05, 3.63) is 47.3 Å². The fourth-order valence-electron chi connectivity index (χ4n) is 1.98. The second kappa shape index (κ2) is 5.83. The molecule has 0 saturated heterocycles. The topological polar surface area (TPSA) is 37.8 Å². The largest absolute Gasteiger partial charge is 0.324 e. The highest BCUT2D eigenvalue weighted by Gasteiger charge is 2.05. The lowest BCUT2D eigenvalue weighted by Crippen LogP contribution is -2.04. The van der Waals surface area contributed by atoms with Gasteiger partial charge in [-0.15, -0.1) is 0 Å². The molecule has 1 aromatic heterocycles. The molecule has 0 saturated carbocycles. The van der Waals surface area contributed by atoms with Crippen LogP contribution < -0.4 is 5.32 Å². The lowest BCUT2D eigenvalue weighted by Gasteiger charge is -2.09. The van der Waals surface area contributed by atoms with Gasteiger partial charge in [0, 0.05) is 17.1 Å². The van der Waals surface area contributed by atoms with Gasteiger partial charge in [0.2, 0.25) is 5.95 Å². The van der Waals surface area contributed by atoms with Crippen LogP contribution in [0.5, 0.6) is 0 Å². The zero-order valence-electron chi connectivity index (χ0n) is 12.1. The minimum Gasteiger partial charge on any atom is -0.324 e. The maximum absolute atomic E-state index is 4.57. The summed E-state index contributed by atoms with van der Waals surface area (Å²) in [5.74, 6) is 1.28. The van der Waals surface area contributed by atoms with Gasteiger partial charge in [0.25, 0.3) is 0 Å². The number of benzene rings is 1. The Morgan fingerprint density at radius 1 is 1.05 bits per heavy atom. The van der Waals surface area contributed by atoms with E-state index in [0.717, 1.165) is 23.5 Å². The lowest BCUT2D eigenvalue weighted by molar-refractivity contribution is 0.634. The average molecular weight is 255 g/mol. The molecule has 0 bridgehead atoms. The van der Waals surface area contributed by atoms with Gasteiger partial charge in [0.15, 0.2) is 0 Å². The minimum atomic E-state index is 0.599. The average Bonchev–Trinajstić information content (AvgIpc) is 2.30. The first-order chi connectivity index (χ1) is 9.02. The molecule has 0 amide bonds. The summed E-state index contributed by atoms with van der Waals surface area (Å²) in [5.41, 5.74) is 4.36. The van der Waals surface area contributed by atoms with Crippen LogP contribution in [-0.4, -0.2) is 9.97 Å². The van der Waals surface area contributed by atoms with Gasteiger partial charge in [-0.1, -0.05) is 31.5 Å². The lowest BCUT2D eigenvalue weighted by atomic mass is 10.1. The molecule has 0 unspecified atom stereocenters. The Bertz CT molecular complexity index is 544. The molecule has 0 fully saturated rings. The smallest absolute Gasteiger partial charge is 0.227 e. The summed E-state index contributed by atoms with van der Waals surface area (Å²) in [6.07, 6.45) is 0.978. The zero-order valence-corrected chi connectivity index (χ0v) is 12.1. The summed E-state index contributed by atoms with van der Waals surface area (Å²) in [4.78, 5) is 9.01. The molecule has 1 N–H and O–H groups in total. The quantitative estimate of drug-likeness (QED) is 0.896. The van der Waals surface area contributed by atoms with E-state index in [1.807, 2.05) is 19.1 Å². The molecule has 19 heavy (non-hydrogen) atoms. The molecule has 2 rings (SSSR count). The highest BCUT2D eigenvalue weighted by Crippen LogP contribution is 2.15. The molecule has 3 nitrogen and oxygen atoms in total. The minimum absolute atomic E-state index is 0.599. The first-order valence-electron chi connectivity index (χ1n) is 6.71. The Morgan fingerprint density at radius 3 is 2.37 bits per heavy atom.